The lowest BCUT2D eigenvalue weighted by Crippen LogP contribution is -2.03. The number of anilines is 1. The number of nitrogens with two attached hydrogens (primary N) is 1. The molecule has 0 aliphatic heterocycles. The molecule has 0 spiro atoms. The molecule has 0 saturated heterocycles. The SMILES string of the molecule is Cc1cc(OCCc2ccccc2N)ccc1Cl. The summed E-state index contributed by atoms with van der Waals surface area (Å²) in [5.74, 6) is 0.839. The topological polar surface area (TPSA) is 35.2 Å². The van der Waals surface area contributed by atoms with Gasteiger partial charge < -0.3 is 10.5 Å². The molecule has 0 unspecified atom stereocenters. The molecule has 2 aromatic rings. The number of rotatable bonds is 4. The molecule has 0 atom stereocenters. The number of nitrogen functional groups attached to an aromatic ring is 1. The number of hydrogen-bond donors (Lipinski definition) is 1. The van der Waals surface area contributed by atoms with Crippen molar-refractivity contribution in [1.82, 2.24) is 0 Å². The van der Waals surface area contributed by atoms with Gasteiger partial charge in [0.05, 0.1) is 6.61 Å². The fourth-order valence-electron chi connectivity index (χ4n) is 1.75. The predicted octanol–water partition coefficient (Wildman–Crippen LogP) is 3.85. The van der Waals surface area contributed by atoms with Gasteiger partial charge in [-0.05, 0) is 42.3 Å². The van der Waals surface area contributed by atoms with Crippen LogP contribution in [0.3, 0.4) is 0 Å². The van der Waals surface area contributed by atoms with Crippen LogP contribution in [-0.4, -0.2) is 6.61 Å². The quantitative estimate of drug-likeness (QED) is 0.849. The van der Waals surface area contributed by atoms with Gasteiger partial charge in [0, 0.05) is 17.1 Å². The van der Waals surface area contributed by atoms with E-state index in [2.05, 4.69) is 0 Å². The zero-order valence-electron chi connectivity index (χ0n) is 10.3. The van der Waals surface area contributed by atoms with Gasteiger partial charge in [0.25, 0.3) is 0 Å². The maximum absolute atomic E-state index is 5.96. The molecule has 2 rings (SSSR count). The number of ether oxygens (including phenoxy) is 1. The van der Waals surface area contributed by atoms with Gasteiger partial charge in [-0.25, -0.2) is 0 Å². The average molecular weight is 262 g/mol. The number of hydrogen-bond acceptors (Lipinski definition) is 2. The molecule has 0 heterocycles. The van der Waals surface area contributed by atoms with Gasteiger partial charge in [-0.2, -0.15) is 0 Å². The highest BCUT2D eigenvalue weighted by molar-refractivity contribution is 6.31. The minimum absolute atomic E-state index is 0.606. The molecule has 0 amide bonds. The second-order valence-electron chi connectivity index (χ2n) is 4.21. The molecule has 94 valence electrons. The summed E-state index contributed by atoms with van der Waals surface area (Å²) in [6, 6.07) is 13.5. The highest BCUT2D eigenvalue weighted by Gasteiger charge is 2.01. The van der Waals surface area contributed by atoms with E-state index in [-0.39, 0.29) is 0 Å². The van der Waals surface area contributed by atoms with Gasteiger partial charge in [0.2, 0.25) is 0 Å². The zero-order valence-corrected chi connectivity index (χ0v) is 11.1. The summed E-state index contributed by atoms with van der Waals surface area (Å²) in [6.07, 6.45) is 0.800. The van der Waals surface area contributed by atoms with E-state index in [0.29, 0.717) is 6.61 Å². The van der Waals surface area contributed by atoms with Crippen LogP contribution in [0, 0.1) is 6.92 Å². The van der Waals surface area contributed by atoms with E-state index in [0.717, 1.165) is 34.0 Å². The van der Waals surface area contributed by atoms with E-state index in [1.165, 1.54) is 0 Å². The number of para-hydroxylation sites is 1. The van der Waals surface area contributed by atoms with Crippen molar-refractivity contribution in [3.8, 4) is 5.75 Å². The maximum atomic E-state index is 5.96. The summed E-state index contributed by atoms with van der Waals surface area (Å²) < 4.78 is 5.69. The van der Waals surface area contributed by atoms with Gasteiger partial charge in [-0.3, -0.25) is 0 Å². The number of benzene rings is 2. The Balaban J connectivity index is 1.92. The third kappa shape index (κ3) is 3.17. The molecule has 18 heavy (non-hydrogen) atoms. The Morgan fingerprint density at radius 3 is 2.67 bits per heavy atom. The molecule has 2 aromatic carbocycles. The third-order valence-corrected chi connectivity index (χ3v) is 3.25. The number of halogens is 1. The molecular formula is C15H16ClNO. The van der Waals surface area contributed by atoms with E-state index in [4.69, 9.17) is 22.1 Å². The predicted molar refractivity (Wildman–Crippen MR) is 76.2 cm³/mol. The van der Waals surface area contributed by atoms with Crippen LogP contribution >= 0.6 is 11.6 Å². The maximum Gasteiger partial charge on any atom is 0.119 e. The van der Waals surface area contributed by atoms with Crippen molar-refractivity contribution in [2.75, 3.05) is 12.3 Å². The fraction of sp³-hybridized carbons (Fsp3) is 0.200. The van der Waals surface area contributed by atoms with E-state index in [1.54, 1.807) is 0 Å². The summed E-state index contributed by atoms with van der Waals surface area (Å²) in [5, 5.41) is 0.759. The highest BCUT2D eigenvalue weighted by Crippen LogP contribution is 2.21. The smallest absolute Gasteiger partial charge is 0.119 e. The van der Waals surface area contributed by atoms with Crippen LogP contribution < -0.4 is 10.5 Å². The minimum atomic E-state index is 0.606. The number of aryl methyl sites for hydroxylation is 1. The standard InChI is InChI=1S/C15H16ClNO/c1-11-10-13(6-7-14(11)16)18-9-8-12-4-2-3-5-15(12)17/h2-7,10H,8-9,17H2,1H3. The van der Waals surface area contributed by atoms with Crippen molar-refractivity contribution in [3.63, 3.8) is 0 Å². The monoisotopic (exact) mass is 261 g/mol. The molecule has 0 bridgehead atoms. The normalized spacial score (nSPS) is 10.3. The summed E-state index contributed by atoms with van der Waals surface area (Å²) in [5.41, 5.74) is 8.82. The van der Waals surface area contributed by atoms with Gasteiger partial charge in [0.1, 0.15) is 5.75 Å². The fourth-order valence-corrected chi connectivity index (χ4v) is 1.87. The summed E-state index contributed by atoms with van der Waals surface area (Å²) in [4.78, 5) is 0. The summed E-state index contributed by atoms with van der Waals surface area (Å²) in [6.45, 7) is 2.57. The molecule has 0 radical (unpaired) electrons. The van der Waals surface area contributed by atoms with E-state index in [1.807, 2.05) is 49.4 Å². The van der Waals surface area contributed by atoms with Crippen molar-refractivity contribution in [2.45, 2.75) is 13.3 Å². The largest absolute Gasteiger partial charge is 0.493 e. The average Bonchev–Trinajstić information content (AvgIpc) is 2.36. The van der Waals surface area contributed by atoms with Crippen molar-refractivity contribution in [3.05, 3.63) is 58.6 Å². The summed E-state index contributed by atoms with van der Waals surface area (Å²) >= 11 is 5.96. The van der Waals surface area contributed by atoms with Gasteiger partial charge in [-0.1, -0.05) is 29.8 Å². The Kier molecular flexibility index (Phi) is 4.11. The molecular weight excluding hydrogens is 246 g/mol. The van der Waals surface area contributed by atoms with Gasteiger partial charge in [-0.15, -0.1) is 0 Å². The first kappa shape index (κ1) is 12.8. The van der Waals surface area contributed by atoms with Crippen LogP contribution in [0.1, 0.15) is 11.1 Å². The lowest BCUT2D eigenvalue weighted by atomic mass is 10.1. The van der Waals surface area contributed by atoms with Crippen LogP contribution in [0.2, 0.25) is 5.02 Å². The second kappa shape index (κ2) is 5.78. The molecule has 0 aromatic heterocycles. The molecule has 0 aliphatic carbocycles. The lowest BCUT2D eigenvalue weighted by molar-refractivity contribution is 0.322. The van der Waals surface area contributed by atoms with Crippen LogP contribution in [0.4, 0.5) is 5.69 Å². The van der Waals surface area contributed by atoms with Crippen LogP contribution in [0.15, 0.2) is 42.5 Å². The van der Waals surface area contributed by atoms with Gasteiger partial charge in [0.15, 0.2) is 0 Å². The van der Waals surface area contributed by atoms with E-state index < -0.39 is 0 Å². The first-order chi connectivity index (χ1) is 8.66. The first-order valence-electron chi connectivity index (χ1n) is 5.89. The van der Waals surface area contributed by atoms with Crippen molar-refractivity contribution >= 4 is 17.3 Å². The van der Waals surface area contributed by atoms with Gasteiger partial charge >= 0.3 is 0 Å². The molecule has 0 fully saturated rings. The highest BCUT2D eigenvalue weighted by atomic mass is 35.5. The molecule has 0 saturated carbocycles. The Labute approximate surface area is 112 Å². The third-order valence-electron chi connectivity index (χ3n) is 2.82. The molecule has 2 nitrogen and oxygen atoms in total. The summed E-state index contributed by atoms with van der Waals surface area (Å²) in [7, 11) is 0. The Hall–Kier alpha value is -1.67. The Bertz CT molecular complexity index is 540. The van der Waals surface area contributed by atoms with Crippen molar-refractivity contribution in [2.24, 2.45) is 0 Å². The molecule has 3 heteroatoms. The van der Waals surface area contributed by atoms with E-state index >= 15 is 0 Å². The van der Waals surface area contributed by atoms with Crippen LogP contribution in [0.5, 0.6) is 5.75 Å². The first-order valence-corrected chi connectivity index (χ1v) is 6.27. The van der Waals surface area contributed by atoms with E-state index in [9.17, 15) is 0 Å². The van der Waals surface area contributed by atoms with Crippen LogP contribution in [-0.2, 0) is 6.42 Å². The molecule has 0 aliphatic rings. The lowest BCUT2D eigenvalue weighted by Gasteiger charge is -2.09. The van der Waals surface area contributed by atoms with Crippen molar-refractivity contribution < 1.29 is 4.74 Å². The van der Waals surface area contributed by atoms with Crippen LogP contribution in [0.25, 0.3) is 0 Å². The minimum Gasteiger partial charge on any atom is -0.493 e. The zero-order chi connectivity index (χ0) is 13.0. The Morgan fingerprint density at radius 1 is 1.17 bits per heavy atom. The Morgan fingerprint density at radius 2 is 1.94 bits per heavy atom. The van der Waals surface area contributed by atoms with Crippen molar-refractivity contribution in [1.29, 1.82) is 0 Å². The molecule has 2 N–H and O–H groups in total. The second-order valence-corrected chi connectivity index (χ2v) is 4.62.